The van der Waals surface area contributed by atoms with Gasteiger partial charge in [0.05, 0.1) is 24.5 Å². The minimum atomic E-state index is 0.0582. The van der Waals surface area contributed by atoms with Crippen LogP contribution in [0.1, 0.15) is 24.8 Å². The Balaban J connectivity index is 1.53. The fourth-order valence-electron chi connectivity index (χ4n) is 3.58. The predicted molar refractivity (Wildman–Crippen MR) is 129 cm³/mol. The predicted octanol–water partition coefficient (Wildman–Crippen LogP) is 5.96. The number of thiazole rings is 1. The lowest BCUT2D eigenvalue weighted by Crippen LogP contribution is -2.37. The van der Waals surface area contributed by atoms with Crippen molar-refractivity contribution in [3.63, 3.8) is 0 Å². The molecule has 4 rings (SSSR count). The summed E-state index contributed by atoms with van der Waals surface area (Å²) in [7, 11) is 1.65. The molecule has 1 atom stereocenters. The van der Waals surface area contributed by atoms with Crippen LogP contribution in [-0.4, -0.2) is 43.0 Å². The van der Waals surface area contributed by atoms with Crippen molar-refractivity contribution in [2.45, 2.75) is 37.2 Å². The maximum absolute atomic E-state index is 13.3. The highest BCUT2D eigenvalue weighted by Gasteiger charge is 2.26. The molecule has 0 bridgehead atoms. The van der Waals surface area contributed by atoms with E-state index in [1.807, 2.05) is 41.3 Å². The SMILES string of the molecule is COc1ccc(C)c2sc(N(CC3CCCO3)C(=O)CCSc3ccc(Cl)cc3)nc12. The number of anilines is 1. The number of carbonyl (C=O) groups excluding carboxylic acids is 1. The van der Waals surface area contributed by atoms with Crippen LogP contribution in [0.4, 0.5) is 5.13 Å². The average molecular weight is 477 g/mol. The molecule has 3 aromatic rings. The Morgan fingerprint density at radius 2 is 2.13 bits per heavy atom. The van der Waals surface area contributed by atoms with Gasteiger partial charge in [0.25, 0.3) is 0 Å². The Morgan fingerprint density at radius 3 is 2.84 bits per heavy atom. The molecule has 164 valence electrons. The first kappa shape index (κ1) is 22.4. The highest BCUT2D eigenvalue weighted by molar-refractivity contribution is 7.99. The van der Waals surface area contributed by atoms with E-state index in [1.165, 1.54) is 0 Å². The van der Waals surface area contributed by atoms with E-state index in [-0.39, 0.29) is 12.0 Å². The number of nitrogens with zero attached hydrogens (tertiary/aromatic N) is 2. The third-order valence-electron chi connectivity index (χ3n) is 5.25. The van der Waals surface area contributed by atoms with Crippen molar-refractivity contribution < 1.29 is 14.3 Å². The number of amides is 1. The van der Waals surface area contributed by atoms with Gasteiger partial charge in [-0.25, -0.2) is 4.98 Å². The zero-order valence-electron chi connectivity index (χ0n) is 17.6. The topological polar surface area (TPSA) is 51.7 Å². The number of carbonyl (C=O) groups is 1. The van der Waals surface area contributed by atoms with Gasteiger partial charge in [-0.3, -0.25) is 9.69 Å². The van der Waals surface area contributed by atoms with E-state index < -0.39 is 0 Å². The molecule has 1 aromatic heterocycles. The van der Waals surface area contributed by atoms with Gasteiger partial charge in [-0.15, -0.1) is 11.8 Å². The third kappa shape index (κ3) is 5.34. The zero-order chi connectivity index (χ0) is 21.8. The van der Waals surface area contributed by atoms with E-state index in [2.05, 4.69) is 6.92 Å². The summed E-state index contributed by atoms with van der Waals surface area (Å²) in [4.78, 5) is 21.0. The number of aromatic nitrogens is 1. The fourth-order valence-corrected chi connectivity index (χ4v) is 5.62. The molecule has 2 heterocycles. The molecule has 1 aliphatic rings. The highest BCUT2D eigenvalue weighted by Crippen LogP contribution is 2.37. The van der Waals surface area contributed by atoms with Gasteiger partial charge < -0.3 is 9.47 Å². The maximum Gasteiger partial charge on any atom is 0.229 e. The summed E-state index contributed by atoms with van der Waals surface area (Å²) in [5.41, 5.74) is 1.94. The monoisotopic (exact) mass is 476 g/mol. The molecule has 1 fully saturated rings. The van der Waals surface area contributed by atoms with Gasteiger partial charge >= 0.3 is 0 Å². The van der Waals surface area contributed by atoms with E-state index in [9.17, 15) is 4.79 Å². The molecule has 0 N–H and O–H groups in total. The number of methoxy groups -OCH3 is 1. The summed E-state index contributed by atoms with van der Waals surface area (Å²) in [5.74, 6) is 1.48. The molecule has 0 spiro atoms. The number of rotatable bonds is 8. The van der Waals surface area contributed by atoms with Gasteiger partial charge in [-0.05, 0) is 55.7 Å². The number of halogens is 1. The summed E-state index contributed by atoms with van der Waals surface area (Å²) in [6.45, 7) is 3.34. The molecule has 1 amide bonds. The van der Waals surface area contributed by atoms with Gasteiger partial charge in [0.15, 0.2) is 5.13 Å². The van der Waals surface area contributed by atoms with E-state index in [1.54, 1.807) is 30.2 Å². The van der Waals surface area contributed by atoms with Gasteiger partial charge in [0, 0.05) is 28.7 Å². The molecule has 31 heavy (non-hydrogen) atoms. The van der Waals surface area contributed by atoms with E-state index >= 15 is 0 Å². The number of fused-ring (bicyclic) bond motifs is 1. The third-order valence-corrected chi connectivity index (χ3v) is 7.73. The van der Waals surface area contributed by atoms with Crippen molar-refractivity contribution in [3.8, 4) is 5.75 Å². The van der Waals surface area contributed by atoms with Gasteiger partial charge in [0.1, 0.15) is 11.3 Å². The van der Waals surface area contributed by atoms with Crippen LogP contribution < -0.4 is 9.64 Å². The lowest BCUT2D eigenvalue weighted by molar-refractivity contribution is -0.118. The minimum Gasteiger partial charge on any atom is -0.494 e. The largest absolute Gasteiger partial charge is 0.494 e. The molecule has 1 saturated heterocycles. The molecular weight excluding hydrogens is 452 g/mol. The first-order chi connectivity index (χ1) is 15.0. The number of ether oxygens (including phenoxy) is 2. The van der Waals surface area contributed by atoms with E-state index in [4.69, 9.17) is 26.1 Å². The molecule has 0 radical (unpaired) electrons. The average Bonchev–Trinajstić information content (AvgIpc) is 3.44. The first-order valence-corrected chi connectivity index (χ1v) is 12.5. The summed E-state index contributed by atoms with van der Waals surface area (Å²) in [5, 5.41) is 1.42. The van der Waals surface area contributed by atoms with Gasteiger partial charge in [-0.1, -0.05) is 29.0 Å². The molecule has 0 saturated carbocycles. The summed E-state index contributed by atoms with van der Waals surface area (Å²) < 4.78 is 12.4. The number of thioether (sulfide) groups is 1. The van der Waals surface area contributed by atoms with Crippen molar-refractivity contribution in [1.29, 1.82) is 0 Å². The molecule has 8 heteroatoms. The van der Waals surface area contributed by atoms with Crippen LogP contribution in [-0.2, 0) is 9.53 Å². The molecule has 2 aromatic carbocycles. The second-order valence-electron chi connectivity index (χ2n) is 7.45. The molecule has 1 aliphatic heterocycles. The van der Waals surface area contributed by atoms with Crippen LogP contribution in [0, 0.1) is 6.92 Å². The smallest absolute Gasteiger partial charge is 0.229 e. The van der Waals surface area contributed by atoms with Crippen molar-refractivity contribution in [2.75, 3.05) is 30.9 Å². The normalized spacial score (nSPS) is 16.0. The van der Waals surface area contributed by atoms with Crippen LogP contribution >= 0.6 is 34.7 Å². The van der Waals surface area contributed by atoms with Crippen LogP contribution in [0.15, 0.2) is 41.3 Å². The second-order valence-corrected chi connectivity index (χ2v) is 10.0. The van der Waals surface area contributed by atoms with Crippen molar-refractivity contribution in [2.24, 2.45) is 0 Å². The standard InChI is InChI=1S/C23H25ClN2O3S2/c1-15-5-10-19(28-2)21-22(15)31-23(25-21)26(14-17-4-3-12-29-17)20(27)11-13-30-18-8-6-16(24)7-9-18/h5-10,17H,3-4,11-14H2,1-2H3. The fraction of sp³-hybridized carbons (Fsp3) is 0.391. The zero-order valence-corrected chi connectivity index (χ0v) is 20.0. The Labute approximate surface area is 195 Å². The number of benzene rings is 2. The van der Waals surface area contributed by atoms with Crippen LogP contribution in [0.2, 0.25) is 5.02 Å². The molecule has 5 nitrogen and oxygen atoms in total. The Morgan fingerprint density at radius 1 is 1.32 bits per heavy atom. The van der Waals surface area contributed by atoms with Crippen molar-refractivity contribution in [1.82, 2.24) is 4.98 Å². The molecule has 1 unspecified atom stereocenters. The van der Waals surface area contributed by atoms with Crippen LogP contribution in [0.25, 0.3) is 10.2 Å². The lowest BCUT2D eigenvalue weighted by Gasteiger charge is -2.23. The van der Waals surface area contributed by atoms with Crippen molar-refractivity contribution in [3.05, 3.63) is 47.0 Å². The molecular formula is C23H25ClN2O3S2. The number of hydrogen-bond acceptors (Lipinski definition) is 6. The van der Waals surface area contributed by atoms with Gasteiger partial charge in [-0.2, -0.15) is 0 Å². The summed E-state index contributed by atoms with van der Waals surface area (Å²) in [6, 6.07) is 11.6. The number of aryl methyl sites for hydroxylation is 1. The summed E-state index contributed by atoms with van der Waals surface area (Å²) >= 11 is 9.15. The number of hydrogen-bond donors (Lipinski definition) is 0. The maximum atomic E-state index is 13.3. The van der Waals surface area contributed by atoms with Gasteiger partial charge in [0.2, 0.25) is 5.91 Å². The lowest BCUT2D eigenvalue weighted by atomic mass is 10.2. The first-order valence-electron chi connectivity index (χ1n) is 10.3. The quantitative estimate of drug-likeness (QED) is 0.375. The molecule has 0 aliphatic carbocycles. The van der Waals surface area contributed by atoms with Crippen molar-refractivity contribution >= 4 is 56.0 Å². The summed E-state index contributed by atoms with van der Waals surface area (Å²) in [6.07, 6.45) is 2.48. The van der Waals surface area contributed by atoms with E-state index in [0.29, 0.717) is 28.9 Å². The Kier molecular flexibility index (Phi) is 7.38. The minimum absolute atomic E-state index is 0.0582. The second kappa shape index (κ2) is 10.2. The Bertz CT molecular complexity index is 1050. The van der Waals surface area contributed by atoms with Crippen LogP contribution in [0.3, 0.4) is 0 Å². The Hall–Kier alpha value is -1.80. The van der Waals surface area contributed by atoms with Crippen LogP contribution in [0.5, 0.6) is 5.75 Å². The van der Waals surface area contributed by atoms with E-state index in [0.717, 1.165) is 45.9 Å². The highest BCUT2D eigenvalue weighted by atomic mass is 35.5.